The van der Waals surface area contributed by atoms with Crippen molar-refractivity contribution in [3.05, 3.63) is 36.6 Å². The first-order chi connectivity index (χ1) is 9.27. The summed E-state index contributed by atoms with van der Waals surface area (Å²) in [5.74, 6) is 0. The van der Waals surface area contributed by atoms with Crippen LogP contribution in [0.25, 0.3) is 11.0 Å². The van der Waals surface area contributed by atoms with Crippen LogP contribution in [0, 0.1) is 0 Å². The Morgan fingerprint density at radius 1 is 1.21 bits per heavy atom. The fourth-order valence-electron chi connectivity index (χ4n) is 2.32. The summed E-state index contributed by atoms with van der Waals surface area (Å²) in [7, 11) is 0. The van der Waals surface area contributed by atoms with Gasteiger partial charge in [0.1, 0.15) is 5.52 Å². The van der Waals surface area contributed by atoms with Crippen molar-refractivity contribution in [1.29, 1.82) is 0 Å². The standard InChI is InChI=1S/C15H21N3O/c1-4-15(5-2,11-12-19-6-3)18-14-10-8-7-9-13(14)16-17-18/h7-12H,4-6H2,1-3H3/b12-11+. The maximum atomic E-state index is 5.36. The highest BCUT2D eigenvalue weighted by Gasteiger charge is 2.28. The van der Waals surface area contributed by atoms with E-state index in [0.29, 0.717) is 6.61 Å². The Balaban J connectivity index is 2.49. The van der Waals surface area contributed by atoms with Crippen molar-refractivity contribution in [2.75, 3.05) is 6.61 Å². The summed E-state index contributed by atoms with van der Waals surface area (Å²) in [5, 5.41) is 8.60. The van der Waals surface area contributed by atoms with E-state index in [1.807, 2.05) is 29.8 Å². The van der Waals surface area contributed by atoms with Crippen molar-refractivity contribution in [1.82, 2.24) is 15.0 Å². The molecule has 0 spiro atoms. The summed E-state index contributed by atoms with van der Waals surface area (Å²) < 4.78 is 7.37. The van der Waals surface area contributed by atoms with Crippen LogP contribution in [0.1, 0.15) is 33.6 Å². The number of rotatable bonds is 6. The van der Waals surface area contributed by atoms with Gasteiger partial charge < -0.3 is 4.74 Å². The molecule has 1 heterocycles. The summed E-state index contributed by atoms with van der Waals surface area (Å²) >= 11 is 0. The highest BCUT2D eigenvalue weighted by Crippen LogP contribution is 2.29. The van der Waals surface area contributed by atoms with Gasteiger partial charge in [-0.2, -0.15) is 0 Å². The van der Waals surface area contributed by atoms with Crippen LogP contribution in [0.4, 0.5) is 0 Å². The minimum absolute atomic E-state index is 0.175. The molecule has 102 valence electrons. The molecular formula is C15H21N3O. The predicted molar refractivity (Wildman–Crippen MR) is 76.9 cm³/mol. The monoisotopic (exact) mass is 259 g/mol. The van der Waals surface area contributed by atoms with E-state index in [9.17, 15) is 0 Å². The van der Waals surface area contributed by atoms with Gasteiger partial charge in [-0.3, -0.25) is 0 Å². The number of ether oxygens (including phenoxy) is 1. The molecule has 0 fully saturated rings. The van der Waals surface area contributed by atoms with Crippen LogP contribution in [-0.4, -0.2) is 21.6 Å². The zero-order valence-electron chi connectivity index (χ0n) is 11.8. The summed E-state index contributed by atoms with van der Waals surface area (Å²) in [6, 6.07) is 8.05. The average molecular weight is 259 g/mol. The largest absolute Gasteiger partial charge is 0.502 e. The molecule has 0 saturated heterocycles. The second-order valence-corrected chi connectivity index (χ2v) is 4.56. The molecule has 4 nitrogen and oxygen atoms in total. The number of hydrogen-bond acceptors (Lipinski definition) is 3. The third kappa shape index (κ3) is 2.48. The molecule has 2 aromatic rings. The molecule has 19 heavy (non-hydrogen) atoms. The number of fused-ring (bicyclic) bond motifs is 1. The molecule has 0 aliphatic heterocycles. The lowest BCUT2D eigenvalue weighted by Gasteiger charge is -2.28. The van der Waals surface area contributed by atoms with Gasteiger partial charge in [0.2, 0.25) is 0 Å². The van der Waals surface area contributed by atoms with Crippen LogP contribution in [0.3, 0.4) is 0 Å². The van der Waals surface area contributed by atoms with E-state index in [1.54, 1.807) is 6.26 Å². The molecule has 1 aromatic carbocycles. The molecule has 0 radical (unpaired) electrons. The van der Waals surface area contributed by atoms with Gasteiger partial charge in [-0.1, -0.05) is 31.2 Å². The maximum absolute atomic E-state index is 5.36. The Morgan fingerprint density at radius 3 is 2.63 bits per heavy atom. The van der Waals surface area contributed by atoms with Crippen LogP contribution < -0.4 is 0 Å². The van der Waals surface area contributed by atoms with Gasteiger partial charge in [0.15, 0.2) is 0 Å². The molecule has 0 N–H and O–H groups in total. The number of hydrogen-bond donors (Lipinski definition) is 0. The molecule has 0 unspecified atom stereocenters. The molecule has 0 saturated carbocycles. The van der Waals surface area contributed by atoms with E-state index >= 15 is 0 Å². The van der Waals surface area contributed by atoms with Gasteiger partial charge in [0.25, 0.3) is 0 Å². The second kappa shape index (κ2) is 5.87. The third-order valence-electron chi connectivity index (χ3n) is 3.64. The van der Waals surface area contributed by atoms with Crippen molar-refractivity contribution >= 4 is 11.0 Å². The molecular weight excluding hydrogens is 238 g/mol. The van der Waals surface area contributed by atoms with Crippen LogP contribution in [0.15, 0.2) is 36.6 Å². The zero-order chi connectivity index (χ0) is 13.7. The van der Waals surface area contributed by atoms with Gasteiger partial charge in [-0.15, -0.1) is 5.10 Å². The van der Waals surface area contributed by atoms with E-state index in [-0.39, 0.29) is 5.54 Å². The lowest BCUT2D eigenvalue weighted by Crippen LogP contribution is -2.31. The normalized spacial score (nSPS) is 12.4. The highest BCUT2D eigenvalue weighted by molar-refractivity contribution is 5.74. The minimum Gasteiger partial charge on any atom is -0.502 e. The Labute approximate surface area is 114 Å². The van der Waals surface area contributed by atoms with E-state index in [4.69, 9.17) is 4.74 Å². The zero-order valence-corrected chi connectivity index (χ0v) is 11.8. The fourth-order valence-corrected chi connectivity index (χ4v) is 2.32. The summed E-state index contributed by atoms with van der Waals surface area (Å²) in [6.45, 7) is 6.99. The van der Waals surface area contributed by atoms with Crippen LogP contribution in [-0.2, 0) is 10.3 Å². The Kier molecular flexibility index (Phi) is 4.20. The third-order valence-corrected chi connectivity index (χ3v) is 3.64. The number of para-hydroxylation sites is 1. The summed E-state index contributed by atoms with van der Waals surface area (Å²) in [5.41, 5.74) is 1.82. The van der Waals surface area contributed by atoms with E-state index in [2.05, 4.69) is 36.3 Å². The number of aromatic nitrogens is 3. The first kappa shape index (κ1) is 13.6. The van der Waals surface area contributed by atoms with E-state index < -0.39 is 0 Å². The molecule has 1 aromatic heterocycles. The molecule has 0 bridgehead atoms. The van der Waals surface area contributed by atoms with Gasteiger partial charge in [-0.05, 0) is 38.0 Å². The highest BCUT2D eigenvalue weighted by atomic mass is 16.5. The first-order valence-electron chi connectivity index (χ1n) is 6.87. The molecule has 2 rings (SSSR count). The number of nitrogens with zero attached hydrogens (tertiary/aromatic N) is 3. The van der Waals surface area contributed by atoms with Crippen LogP contribution in [0.5, 0.6) is 0 Å². The van der Waals surface area contributed by atoms with Crippen LogP contribution in [0.2, 0.25) is 0 Å². The van der Waals surface area contributed by atoms with E-state index in [1.165, 1.54) is 0 Å². The Bertz CT molecular complexity index is 555. The SMILES string of the molecule is CCO/C=C/C(CC)(CC)n1nnc2ccccc21. The lowest BCUT2D eigenvalue weighted by atomic mass is 9.93. The Morgan fingerprint density at radius 2 is 1.95 bits per heavy atom. The predicted octanol–water partition coefficient (Wildman–Crippen LogP) is 3.50. The Hall–Kier alpha value is -1.84. The summed E-state index contributed by atoms with van der Waals surface area (Å²) in [6.07, 6.45) is 5.77. The second-order valence-electron chi connectivity index (χ2n) is 4.56. The molecule has 0 aliphatic rings. The van der Waals surface area contributed by atoms with Gasteiger partial charge in [0, 0.05) is 0 Å². The smallest absolute Gasteiger partial charge is 0.113 e. The van der Waals surface area contributed by atoms with Gasteiger partial charge >= 0.3 is 0 Å². The molecule has 0 atom stereocenters. The molecule has 0 amide bonds. The van der Waals surface area contributed by atoms with E-state index in [0.717, 1.165) is 23.9 Å². The topological polar surface area (TPSA) is 39.9 Å². The van der Waals surface area contributed by atoms with Crippen molar-refractivity contribution in [3.8, 4) is 0 Å². The number of allylic oxidation sites excluding steroid dienone is 1. The maximum Gasteiger partial charge on any atom is 0.113 e. The van der Waals surface area contributed by atoms with Crippen LogP contribution >= 0.6 is 0 Å². The first-order valence-corrected chi connectivity index (χ1v) is 6.87. The van der Waals surface area contributed by atoms with Crippen molar-refractivity contribution in [3.63, 3.8) is 0 Å². The minimum atomic E-state index is -0.175. The van der Waals surface area contributed by atoms with Gasteiger partial charge in [0.05, 0.1) is 23.9 Å². The van der Waals surface area contributed by atoms with Crippen molar-refractivity contribution in [2.24, 2.45) is 0 Å². The van der Waals surface area contributed by atoms with Crippen molar-refractivity contribution < 1.29 is 4.74 Å². The van der Waals surface area contributed by atoms with Gasteiger partial charge in [-0.25, -0.2) is 4.68 Å². The lowest BCUT2D eigenvalue weighted by molar-refractivity contribution is 0.250. The summed E-state index contributed by atoms with van der Waals surface area (Å²) in [4.78, 5) is 0. The average Bonchev–Trinajstić information content (AvgIpc) is 2.89. The number of benzene rings is 1. The fraction of sp³-hybridized carbons (Fsp3) is 0.467. The molecule has 0 aliphatic carbocycles. The molecule has 4 heteroatoms. The van der Waals surface area contributed by atoms with Crippen molar-refractivity contribution in [2.45, 2.75) is 39.2 Å². The quantitative estimate of drug-likeness (QED) is 0.745.